The summed E-state index contributed by atoms with van der Waals surface area (Å²) in [4.78, 5) is 0. The summed E-state index contributed by atoms with van der Waals surface area (Å²) in [6, 6.07) is 7.86. The van der Waals surface area contributed by atoms with Crippen LogP contribution in [-0.4, -0.2) is 13.7 Å². The molecule has 0 amide bonds. The fourth-order valence-electron chi connectivity index (χ4n) is 0.904. The van der Waals surface area contributed by atoms with Crippen LogP contribution in [0.25, 0.3) is 0 Å². The lowest BCUT2D eigenvalue weighted by Crippen LogP contribution is -1.94. The Bertz CT molecular complexity index is 205. The summed E-state index contributed by atoms with van der Waals surface area (Å²) in [5.41, 5.74) is 7.60. The van der Waals surface area contributed by atoms with Gasteiger partial charge in [-0.15, -0.1) is 0 Å². The molecule has 1 rings (SSSR count). The molecule has 0 heterocycles. The van der Waals surface area contributed by atoms with Crippen molar-refractivity contribution in [3.05, 3.63) is 29.8 Å². The van der Waals surface area contributed by atoms with Crippen LogP contribution in [0.4, 0.5) is 5.69 Å². The Morgan fingerprint density at radius 3 is 2.45 bits per heavy atom. The van der Waals surface area contributed by atoms with Crippen molar-refractivity contribution in [2.24, 2.45) is 0 Å². The molecule has 0 spiro atoms. The highest BCUT2D eigenvalue weighted by Crippen LogP contribution is 2.05. The molecule has 11 heavy (non-hydrogen) atoms. The maximum atomic E-state index is 5.52. The Hall–Kier alpha value is -1.02. The van der Waals surface area contributed by atoms with Crippen LogP contribution in [0, 0.1) is 0 Å². The van der Waals surface area contributed by atoms with E-state index in [4.69, 9.17) is 10.5 Å². The van der Waals surface area contributed by atoms with Crippen LogP contribution in [0.1, 0.15) is 5.56 Å². The third kappa shape index (κ3) is 2.60. The van der Waals surface area contributed by atoms with Crippen LogP contribution >= 0.6 is 0 Å². The molecule has 0 atom stereocenters. The molecule has 0 fully saturated rings. The predicted octanol–water partition coefficient (Wildman–Crippen LogP) is 1.46. The minimum absolute atomic E-state index is 0.768. The molecule has 0 aliphatic heterocycles. The molecular weight excluding hydrogens is 138 g/mol. The van der Waals surface area contributed by atoms with Gasteiger partial charge in [-0.1, -0.05) is 12.1 Å². The van der Waals surface area contributed by atoms with E-state index in [0.717, 1.165) is 18.7 Å². The standard InChI is InChI=1S/C9H13NO/c1-11-7-6-8-2-4-9(10)5-3-8/h2-5H,6-7,10H2,1H3. The molecular formula is C9H13NO. The summed E-state index contributed by atoms with van der Waals surface area (Å²) in [6.07, 6.45) is 0.955. The first-order valence-corrected chi connectivity index (χ1v) is 3.66. The Morgan fingerprint density at radius 2 is 1.91 bits per heavy atom. The Kier molecular flexibility index (Phi) is 2.93. The second-order valence-electron chi connectivity index (χ2n) is 2.48. The van der Waals surface area contributed by atoms with E-state index < -0.39 is 0 Å². The van der Waals surface area contributed by atoms with Gasteiger partial charge in [0.05, 0.1) is 6.61 Å². The van der Waals surface area contributed by atoms with Crippen molar-refractivity contribution >= 4 is 5.69 Å². The Labute approximate surface area is 67.0 Å². The number of rotatable bonds is 3. The van der Waals surface area contributed by atoms with E-state index in [9.17, 15) is 0 Å². The van der Waals surface area contributed by atoms with E-state index in [2.05, 4.69) is 0 Å². The Balaban J connectivity index is 2.52. The first-order valence-electron chi connectivity index (χ1n) is 3.66. The van der Waals surface area contributed by atoms with Crippen LogP contribution in [0.2, 0.25) is 0 Å². The summed E-state index contributed by atoms with van der Waals surface area (Å²) in [7, 11) is 1.71. The number of hydrogen-bond donors (Lipinski definition) is 1. The number of benzene rings is 1. The zero-order chi connectivity index (χ0) is 8.10. The summed E-state index contributed by atoms with van der Waals surface area (Å²) in [5, 5.41) is 0. The lowest BCUT2D eigenvalue weighted by molar-refractivity contribution is 0.202. The van der Waals surface area contributed by atoms with Crippen LogP contribution in [-0.2, 0) is 11.2 Å². The third-order valence-electron chi connectivity index (χ3n) is 1.57. The molecule has 0 saturated carbocycles. The highest BCUT2D eigenvalue weighted by Gasteiger charge is 1.90. The summed E-state index contributed by atoms with van der Waals surface area (Å²) in [5.74, 6) is 0. The van der Waals surface area contributed by atoms with Gasteiger partial charge in [0, 0.05) is 12.8 Å². The van der Waals surface area contributed by atoms with E-state index in [-0.39, 0.29) is 0 Å². The molecule has 0 radical (unpaired) electrons. The minimum atomic E-state index is 0.768. The highest BCUT2D eigenvalue weighted by molar-refractivity contribution is 5.39. The van der Waals surface area contributed by atoms with Gasteiger partial charge in [-0.05, 0) is 24.1 Å². The molecule has 2 N–H and O–H groups in total. The molecule has 60 valence electrons. The third-order valence-corrected chi connectivity index (χ3v) is 1.57. The zero-order valence-corrected chi connectivity index (χ0v) is 6.71. The van der Waals surface area contributed by atoms with Gasteiger partial charge in [0.25, 0.3) is 0 Å². The van der Waals surface area contributed by atoms with E-state index in [1.807, 2.05) is 24.3 Å². The normalized spacial score (nSPS) is 9.91. The SMILES string of the molecule is COCCc1ccc(N)cc1. The first kappa shape index (κ1) is 8.08. The second-order valence-corrected chi connectivity index (χ2v) is 2.48. The fraction of sp³-hybridized carbons (Fsp3) is 0.333. The lowest BCUT2D eigenvalue weighted by atomic mass is 10.1. The van der Waals surface area contributed by atoms with Crippen molar-refractivity contribution in [1.29, 1.82) is 0 Å². The number of ether oxygens (including phenoxy) is 1. The fourth-order valence-corrected chi connectivity index (χ4v) is 0.904. The highest BCUT2D eigenvalue weighted by atomic mass is 16.5. The summed E-state index contributed by atoms with van der Waals surface area (Å²) >= 11 is 0. The molecule has 1 aromatic rings. The summed E-state index contributed by atoms with van der Waals surface area (Å²) < 4.78 is 4.94. The van der Waals surface area contributed by atoms with E-state index in [0.29, 0.717) is 0 Å². The van der Waals surface area contributed by atoms with Crippen molar-refractivity contribution in [3.63, 3.8) is 0 Å². The average Bonchev–Trinajstić information content (AvgIpc) is 2.04. The number of anilines is 1. The van der Waals surface area contributed by atoms with Gasteiger partial charge in [0.15, 0.2) is 0 Å². The van der Waals surface area contributed by atoms with Crippen molar-refractivity contribution in [1.82, 2.24) is 0 Å². The number of hydrogen-bond acceptors (Lipinski definition) is 2. The van der Waals surface area contributed by atoms with Crippen molar-refractivity contribution in [2.75, 3.05) is 19.5 Å². The molecule has 1 aromatic carbocycles. The van der Waals surface area contributed by atoms with Crippen LogP contribution in [0.15, 0.2) is 24.3 Å². The smallest absolute Gasteiger partial charge is 0.0502 e. The lowest BCUT2D eigenvalue weighted by Gasteiger charge is -1.99. The topological polar surface area (TPSA) is 35.2 Å². The van der Waals surface area contributed by atoms with Crippen molar-refractivity contribution < 1.29 is 4.74 Å². The van der Waals surface area contributed by atoms with Gasteiger partial charge in [-0.2, -0.15) is 0 Å². The molecule has 0 saturated heterocycles. The number of nitrogen functional groups attached to an aromatic ring is 1. The van der Waals surface area contributed by atoms with Gasteiger partial charge in [-0.25, -0.2) is 0 Å². The van der Waals surface area contributed by atoms with Gasteiger partial charge in [0.2, 0.25) is 0 Å². The van der Waals surface area contributed by atoms with Crippen LogP contribution in [0.5, 0.6) is 0 Å². The van der Waals surface area contributed by atoms with Gasteiger partial charge in [0.1, 0.15) is 0 Å². The van der Waals surface area contributed by atoms with Gasteiger partial charge < -0.3 is 10.5 Å². The van der Waals surface area contributed by atoms with E-state index in [1.165, 1.54) is 5.56 Å². The largest absolute Gasteiger partial charge is 0.399 e. The monoisotopic (exact) mass is 151 g/mol. The quantitative estimate of drug-likeness (QED) is 0.664. The second kappa shape index (κ2) is 3.98. The maximum absolute atomic E-state index is 5.52. The van der Waals surface area contributed by atoms with Crippen molar-refractivity contribution in [2.45, 2.75) is 6.42 Å². The number of methoxy groups -OCH3 is 1. The molecule has 0 aliphatic carbocycles. The van der Waals surface area contributed by atoms with E-state index in [1.54, 1.807) is 7.11 Å². The maximum Gasteiger partial charge on any atom is 0.0502 e. The zero-order valence-electron chi connectivity index (χ0n) is 6.71. The van der Waals surface area contributed by atoms with Gasteiger partial charge in [-0.3, -0.25) is 0 Å². The molecule has 0 unspecified atom stereocenters. The molecule has 0 aliphatic rings. The predicted molar refractivity (Wildman–Crippen MR) is 46.4 cm³/mol. The first-order chi connectivity index (χ1) is 5.33. The molecule has 0 bridgehead atoms. The van der Waals surface area contributed by atoms with Crippen LogP contribution < -0.4 is 5.73 Å². The molecule has 2 nitrogen and oxygen atoms in total. The minimum Gasteiger partial charge on any atom is -0.399 e. The Morgan fingerprint density at radius 1 is 1.27 bits per heavy atom. The average molecular weight is 151 g/mol. The van der Waals surface area contributed by atoms with Crippen LogP contribution in [0.3, 0.4) is 0 Å². The summed E-state index contributed by atoms with van der Waals surface area (Å²) in [6.45, 7) is 0.768. The van der Waals surface area contributed by atoms with Crippen molar-refractivity contribution in [3.8, 4) is 0 Å². The van der Waals surface area contributed by atoms with E-state index >= 15 is 0 Å². The molecule has 0 aromatic heterocycles. The molecule has 2 heteroatoms. The number of nitrogens with two attached hydrogens (primary N) is 1. The van der Waals surface area contributed by atoms with Gasteiger partial charge >= 0.3 is 0 Å².